The normalized spacial score (nSPS) is 10.5. The van der Waals surface area contributed by atoms with Gasteiger partial charge in [0.1, 0.15) is 12.4 Å². The van der Waals surface area contributed by atoms with E-state index in [4.69, 9.17) is 4.74 Å². The van der Waals surface area contributed by atoms with Gasteiger partial charge in [0.05, 0.1) is 0 Å². The SMILES string of the molecule is O=Cc1cc(F)ccc1C=CCNC(=O)OCc1ccccc1. The molecule has 1 amide bonds. The van der Waals surface area contributed by atoms with Crippen molar-refractivity contribution in [1.29, 1.82) is 0 Å². The van der Waals surface area contributed by atoms with Gasteiger partial charge in [-0.3, -0.25) is 4.79 Å². The molecular weight excluding hydrogens is 297 g/mol. The van der Waals surface area contributed by atoms with Crippen molar-refractivity contribution in [1.82, 2.24) is 5.32 Å². The highest BCUT2D eigenvalue weighted by atomic mass is 19.1. The molecule has 0 aliphatic carbocycles. The van der Waals surface area contributed by atoms with Crippen molar-refractivity contribution in [2.45, 2.75) is 6.61 Å². The number of amides is 1. The molecule has 0 radical (unpaired) electrons. The molecule has 0 heterocycles. The third-order valence-corrected chi connectivity index (χ3v) is 3.05. The first kappa shape index (κ1) is 16.4. The van der Waals surface area contributed by atoms with Crippen molar-refractivity contribution >= 4 is 18.5 Å². The highest BCUT2D eigenvalue weighted by Gasteiger charge is 2.02. The molecule has 1 N–H and O–H groups in total. The van der Waals surface area contributed by atoms with Gasteiger partial charge in [-0.05, 0) is 23.3 Å². The first-order valence-corrected chi connectivity index (χ1v) is 7.05. The maximum atomic E-state index is 13.0. The van der Waals surface area contributed by atoms with E-state index >= 15 is 0 Å². The molecule has 0 aliphatic rings. The van der Waals surface area contributed by atoms with Gasteiger partial charge in [0, 0.05) is 12.1 Å². The van der Waals surface area contributed by atoms with Gasteiger partial charge in [0.15, 0.2) is 6.29 Å². The lowest BCUT2D eigenvalue weighted by Crippen LogP contribution is -2.24. The van der Waals surface area contributed by atoms with E-state index in [0.717, 1.165) is 11.6 Å². The second-order valence-corrected chi connectivity index (χ2v) is 4.74. The number of ether oxygens (including phenoxy) is 1. The summed E-state index contributed by atoms with van der Waals surface area (Å²) in [7, 11) is 0. The monoisotopic (exact) mass is 313 g/mol. The van der Waals surface area contributed by atoms with Gasteiger partial charge in [-0.2, -0.15) is 0 Å². The molecule has 0 spiro atoms. The second-order valence-electron chi connectivity index (χ2n) is 4.74. The minimum absolute atomic E-state index is 0.198. The standard InChI is InChI=1S/C18H16FNO3/c19-17-9-8-15(16(11-17)12-21)7-4-10-20-18(22)23-13-14-5-2-1-3-6-14/h1-9,11-12H,10,13H2,(H,20,22). The summed E-state index contributed by atoms with van der Waals surface area (Å²) in [5.41, 5.74) is 1.74. The van der Waals surface area contributed by atoms with Crippen LogP contribution < -0.4 is 5.32 Å². The van der Waals surface area contributed by atoms with Gasteiger partial charge in [-0.25, -0.2) is 9.18 Å². The largest absolute Gasteiger partial charge is 0.445 e. The average Bonchev–Trinajstić information content (AvgIpc) is 2.58. The fraction of sp³-hybridized carbons (Fsp3) is 0.111. The van der Waals surface area contributed by atoms with Crippen molar-refractivity contribution in [2.24, 2.45) is 0 Å². The maximum absolute atomic E-state index is 13.0. The molecule has 0 saturated carbocycles. The first-order chi connectivity index (χ1) is 11.2. The Morgan fingerprint density at radius 3 is 2.65 bits per heavy atom. The number of rotatable bonds is 6. The Hall–Kier alpha value is -2.95. The Balaban J connectivity index is 1.78. The van der Waals surface area contributed by atoms with E-state index in [1.54, 1.807) is 12.2 Å². The quantitative estimate of drug-likeness (QED) is 0.829. The Kier molecular flexibility index (Phi) is 6.06. The van der Waals surface area contributed by atoms with E-state index in [2.05, 4.69) is 5.32 Å². The Labute approximate surface area is 133 Å². The van der Waals surface area contributed by atoms with Crippen molar-refractivity contribution in [2.75, 3.05) is 6.54 Å². The highest BCUT2D eigenvalue weighted by molar-refractivity contribution is 5.81. The maximum Gasteiger partial charge on any atom is 0.407 e. The van der Waals surface area contributed by atoms with Crippen LogP contribution in [0.1, 0.15) is 21.5 Å². The molecular formula is C18H16FNO3. The minimum Gasteiger partial charge on any atom is -0.445 e. The summed E-state index contributed by atoms with van der Waals surface area (Å²) >= 11 is 0. The first-order valence-electron chi connectivity index (χ1n) is 7.05. The van der Waals surface area contributed by atoms with Crippen LogP contribution in [0.4, 0.5) is 9.18 Å². The van der Waals surface area contributed by atoms with E-state index in [-0.39, 0.29) is 18.7 Å². The van der Waals surface area contributed by atoms with Crippen molar-refractivity contribution in [3.05, 3.63) is 77.1 Å². The van der Waals surface area contributed by atoms with Crippen LogP contribution >= 0.6 is 0 Å². The van der Waals surface area contributed by atoms with Gasteiger partial charge in [-0.1, -0.05) is 48.6 Å². The predicted octanol–water partition coefficient (Wildman–Crippen LogP) is 3.58. The number of alkyl carbamates (subject to hydrolysis) is 1. The van der Waals surface area contributed by atoms with Crippen LogP contribution in [0, 0.1) is 5.82 Å². The number of hydrogen-bond acceptors (Lipinski definition) is 3. The lowest BCUT2D eigenvalue weighted by Gasteiger charge is -2.05. The van der Waals surface area contributed by atoms with E-state index in [0.29, 0.717) is 11.8 Å². The zero-order chi connectivity index (χ0) is 16.5. The zero-order valence-corrected chi connectivity index (χ0v) is 12.4. The molecule has 5 heteroatoms. The van der Waals surface area contributed by atoms with E-state index in [1.165, 1.54) is 12.1 Å². The summed E-state index contributed by atoms with van der Waals surface area (Å²) in [6.07, 6.45) is 3.35. The number of carbonyl (C=O) groups excluding carboxylic acids is 2. The molecule has 2 rings (SSSR count). The van der Waals surface area contributed by atoms with Crippen LogP contribution in [0.2, 0.25) is 0 Å². The topological polar surface area (TPSA) is 55.4 Å². The second kappa shape index (κ2) is 8.48. The van der Waals surface area contributed by atoms with Gasteiger partial charge in [-0.15, -0.1) is 0 Å². The highest BCUT2D eigenvalue weighted by Crippen LogP contribution is 2.11. The van der Waals surface area contributed by atoms with Crippen molar-refractivity contribution in [3.63, 3.8) is 0 Å². The van der Waals surface area contributed by atoms with Crippen LogP contribution in [0.5, 0.6) is 0 Å². The van der Waals surface area contributed by atoms with Crippen molar-refractivity contribution < 1.29 is 18.7 Å². The summed E-state index contributed by atoms with van der Waals surface area (Å²) in [4.78, 5) is 22.4. The summed E-state index contributed by atoms with van der Waals surface area (Å²) in [6.45, 7) is 0.437. The van der Waals surface area contributed by atoms with E-state index < -0.39 is 11.9 Å². The Bertz CT molecular complexity index is 699. The summed E-state index contributed by atoms with van der Waals surface area (Å²) in [5, 5.41) is 2.56. The third kappa shape index (κ3) is 5.39. The van der Waals surface area contributed by atoms with Gasteiger partial charge >= 0.3 is 6.09 Å². The zero-order valence-electron chi connectivity index (χ0n) is 12.4. The molecule has 0 fully saturated rings. The number of aldehydes is 1. The Morgan fingerprint density at radius 2 is 1.91 bits per heavy atom. The van der Waals surface area contributed by atoms with Crippen LogP contribution in [-0.2, 0) is 11.3 Å². The number of nitrogens with one attached hydrogen (secondary N) is 1. The molecule has 2 aromatic carbocycles. The minimum atomic E-state index is -0.534. The molecule has 0 atom stereocenters. The predicted molar refractivity (Wildman–Crippen MR) is 85.5 cm³/mol. The summed E-state index contributed by atoms with van der Waals surface area (Å²) in [5.74, 6) is -0.466. The molecule has 118 valence electrons. The smallest absolute Gasteiger partial charge is 0.407 e. The molecule has 0 unspecified atom stereocenters. The van der Waals surface area contributed by atoms with Crippen LogP contribution in [0.25, 0.3) is 6.08 Å². The number of halogens is 1. The van der Waals surface area contributed by atoms with E-state index in [1.807, 2.05) is 30.3 Å². The van der Waals surface area contributed by atoms with Crippen LogP contribution in [0.15, 0.2) is 54.6 Å². The van der Waals surface area contributed by atoms with Crippen molar-refractivity contribution in [3.8, 4) is 0 Å². The lowest BCUT2D eigenvalue weighted by atomic mass is 10.1. The fourth-order valence-electron chi connectivity index (χ4n) is 1.90. The lowest BCUT2D eigenvalue weighted by molar-refractivity contribution is 0.112. The number of carbonyl (C=O) groups is 2. The number of hydrogen-bond donors (Lipinski definition) is 1. The average molecular weight is 313 g/mol. The molecule has 0 bridgehead atoms. The van der Waals surface area contributed by atoms with Gasteiger partial charge < -0.3 is 10.1 Å². The molecule has 4 nitrogen and oxygen atoms in total. The van der Waals surface area contributed by atoms with Crippen LogP contribution in [0.3, 0.4) is 0 Å². The molecule has 0 aliphatic heterocycles. The summed E-state index contributed by atoms with van der Waals surface area (Å²) < 4.78 is 18.0. The molecule has 0 aromatic heterocycles. The Morgan fingerprint density at radius 1 is 1.13 bits per heavy atom. The molecule has 0 saturated heterocycles. The third-order valence-electron chi connectivity index (χ3n) is 3.05. The van der Waals surface area contributed by atoms with Crippen LogP contribution in [-0.4, -0.2) is 18.9 Å². The molecule has 23 heavy (non-hydrogen) atoms. The fourth-order valence-corrected chi connectivity index (χ4v) is 1.90. The van der Waals surface area contributed by atoms with E-state index in [9.17, 15) is 14.0 Å². The number of benzene rings is 2. The van der Waals surface area contributed by atoms with Gasteiger partial charge in [0.2, 0.25) is 0 Å². The summed E-state index contributed by atoms with van der Waals surface area (Å²) in [6, 6.07) is 13.3. The van der Waals surface area contributed by atoms with Gasteiger partial charge in [0.25, 0.3) is 0 Å². The molecule has 2 aromatic rings.